The standard InChI is InChI=1S/C22H19NO2/c1-22(14-23,15-24)21(19-11-5-6-13-20(19)25-2)18-12-7-9-16-8-3-4-10-17(16)18/h3-13,15,21H,1-2H3/t21-,22?/m0/s1. The fourth-order valence-electron chi connectivity index (χ4n) is 3.38. The number of nitriles is 1. The van der Waals surface area contributed by atoms with Gasteiger partial charge in [-0.3, -0.25) is 0 Å². The third-order valence-corrected chi connectivity index (χ3v) is 4.67. The summed E-state index contributed by atoms with van der Waals surface area (Å²) < 4.78 is 5.52. The predicted molar refractivity (Wildman–Crippen MR) is 98.6 cm³/mol. The van der Waals surface area contributed by atoms with E-state index in [1.807, 2.05) is 66.7 Å². The highest BCUT2D eigenvalue weighted by Crippen LogP contribution is 2.45. The summed E-state index contributed by atoms with van der Waals surface area (Å²) in [6.45, 7) is 1.68. The first-order valence-electron chi connectivity index (χ1n) is 8.13. The lowest BCUT2D eigenvalue weighted by Crippen LogP contribution is -2.27. The molecule has 3 aromatic rings. The smallest absolute Gasteiger partial charge is 0.140 e. The highest BCUT2D eigenvalue weighted by Gasteiger charge is 2.39. The number of methoxy groups -OCH3 is 1. The topological polar surface area (TPSA) is 50.1 Å². The summed E-state index contributed by atoms with van der Waals surface area (Å²) in [6, 6.07) is 23.8. The number of hydrogen-bond donors (Lipinski definition) is 0. The van der Waals surface area contributed by atoms with Gasteiger partial charge in [-0.15, -0.1) is 0 Å². The van der Waals surface area contributed by atoms with Gasteiger partial charge in [-0.05, 0) is 29.3 Å². The fourth-order valence-corrected chi connectivity index (χ4v) is 3.38. The highest BCUT2D eigenvalue weighted by molar-refractivity contribution is 5.87. The van der Waals surface area contributed by atoms with E-state index in [0.29, 0.717) is 5.75 Å². The van der Waals surface area contributed by atoms with Gasteiger partial charge in [0.05, 0.1) is 13.2 Å². The first kappa shape index (κ1) is 16.7. The zero-order valence-electron chi connectivity index (χ0n) is 14.3. The van der Waals surface area contributed by atoms with Crippen LogP contribution in [0.15, 0.2) is 66.7 Å². The number of carbonyl (C=O) groups excluding carboxylic acids is 1. The van der Waals surface area contributed by atoms with Crippen LogP contribution in [-0.2, 0) is 4.79 Å². The van der Waals surface area contributed by atoms with Crippen molar-refractivity contribution in [2.75, 3.05) is 7.11 Å². The molecule has 0 fully saturated rings. The summed E-state index contributed by atoms with van der Waals surface area (Å²) >= 11 is 0. The number of fused-ring (bicyclic) bond motifs is 1. The van der Waals surface area contributed by atoms with Gasteiger partial charge in [0.25, 0.3) is 0 Å². The second-order valence-electron chi connectivity index (χ2n) is 6.26. The maximum Gasteiger partial charge on any atom is 0.140 e. The third-order valence-electron chi connectivity index (χ3n) is 4.67. The molecule has 3 nitrogen and oxygen atoms in total. The number of nitrogens with zero attached hydrogens (tertiary/aromatic N) is 1. The van der Waals surface area contributed by atoms with Gasteiger partial charge < -0.3 is 9.53 Å². The third kappa shape index (κ3) is 2.88. The maximum absolute atomic E-state index is 11.9. The van der Waals surface area contributed by atoms with Gasteiger partial charge in [0.1, 0.15) is 17.5 Å². The number of hydrogen-bond acceptors (Lipinski definition) is 3. The average Bonchev–Trinajstić information content (AvgIpc) is 2.68. The van der Waals surface area contributed by atoms with E-state index in [9.17, 15) is 10.1 Å². The lowest BCUT2D eigenvalue weighted by Gasteiger charge is -2.30. The van der Waals surface area contributed by atoms with Crippen molar-refractivity contribution in [3.63, 3.8) is 0 Å². The van der Waals surface area contributed by atoms with Crippen molar-refractivity contribution in [2.24, 2.45) is 5.41 Å². The molecule has 0 saturated heterocycles. The maximum atomic E-state index is 11.9. The van der Waals surface area contributed by atoms with Gasteiger partial charge in [-0.1, -0.05) is 60.7 Å². The molecule has 0 heterocycles. The van der Waals surface area contributed by atoms with E-state index in [1.165, 1.54) is 0 Å². The van der Waals surface area contributed by atoms with Crippen LogP contribution in [-0.4, -0.2) is 13.4 Å². The number of rotatable bonds is 5. The Balaban J connectivity index is 2.36. The van der Waals surface area contributed by atoms with E-state index in [1.54, 1.807) is 14.0 Å². The van der Waals surface area contributed by atoms with Crippen molar-refractivity contribution in [2.45, 2.75) is 12.8 Å². The van der Waals surface area contributed by atoms with Crippen LogP contribution < -0.4 is 4.74 Å². The molecule has 1 unspecified atom stereocenters. The summed E-state index contributed by atoms with van der Waals surface area (Å²) in [6.07, 6.45) is 0.742. The lowest BCUT2D eigenvalue weighted by molar-refractivity contribution is -0.113. The van der Waals surface area contributed by atoms with Crippen LogP contribution in [0, 0.1) is 16.7 Å². The number of ether oxygens (including phenoxy) is 1. The number of aldehydes is 1. The first-order chi connectivity index (χ1) is 12.1. The largest absolute Gasteiger partial charge is 0.496 e. The second kappa shape index (κ2) is 6.78. The van der Waals surface area contributed by atoms with Crippen molar-refractivity contribution in [1.82, 2.24) is 0 Å². The molecule has 0 amide bonds. The minimum atomic E-state index is -1.21. The van der Waals surface area contributed by atoms with Gasteiger partial charge in [0.2, 0.25) is 0 Å². The van der Waals surface area contributed by atoms with Crippen molar-refractivity contribution in [3.05, 3.63) is 77.9 Å². The Hall–Kier alpha value is -3.12. The normalized spacial score (nSPS) is 14.3. The Kier molecular flexibility index (Phi) is 4.54. The average molecular weight is 329 g/mol. The van der Waals surface area contributed by atoms with E-state index >= 15 is 0 Å². The van der Waals surface area contributed by atoms with Crippen molar-refractivity contribution >= 4 is 17.1 Å². The molecule has 3 heteroatoms. The van der Waals surface area contributed by atoms with Crippen molar-refractivity contribution in [1.29, 1.82) is 5.26 Å². The minimum absolute atomic E-state index is 0.433. The molecule has 0 aliphatic carbocycles. The first-order valence-corrected chi connectivity index (χ1v) is 8.13. The Morgan fingerprint density at radius 2 is 1.64 bits per heavy atom. The zero-order chi connectivity index (χ0) is 17.9. The van der Waals surface area contributed by atoms with Gasteiger partial charge in [0, 0.05) is 11.5 Å². The van der Waals surface area contributed by atoms with Crippen LogP contribution in [0.2, 0.25) is 0 Å². The molecule has 0 aliphatic rings. The Morgan fingerprint density at radius 3 is 2.36 bits per heavy atom. The van der Waals surface area contributed by atoms with E-state index in [0.717, 1.165) is 28.2 Å². The molecule has 3 aromatic carbocycles. The minimum Gasteiger partial charge on any atom is -0.496 e. The molecule has 0 aliphatic heterocycles. The highest BCUT2D eigenvalue weighted by atomic mass is 16.5. The molecule has 0 aromatic heterocycles. The van der Waals surface area contributed by atoms with Crippen molar-refractivity contribution in [3.8, 4) is 11.8 Å². The van der Waals surface area contributed by atoms with E-state index < -0.39 is 11.3 Å². The predicted octanol–water partition coefficient (Wildman–Crippen LogP) is 4.71. The molecule has 0 spiro atoms. The molecule has 3 rings (SSSR count). The Morgan fingerprint density at radius 1 is 1.00 bits per heavy atom. The number of benzene rings is 3. The molecule has 2 atom stereocenters. The summed E-state index contributed by atoms with van der Waals surface area (Å²) in [5.41, 5.74) is 0.565. The van der Waals surface area contributed by atoms with Crippen LogP contribution in [0.4, 0.5) is 0 Å². The summed E-state index contributed by atoms with van der Waals surface area (Å²) in [7, 11) is 1.60. The Labute approximate surface area is 147 Å². The monoisotopic (exact) mass is 329 g/mol. The quantitative estimate of drug-likeness (QED) is 0.637. The van der Waals surface area contributed by atoms with Crippen molar-refractivity contribution < 1.29 is 9.53 Å². The Bertz CT molecular complexity index is 952. The molecule has 0 bridgehead atoms. The summed E-state index contributed by atoms with van der Waals surface area (Å²) in [5.74, 6) is 0.237. The van der Waals surface area contributed by atoms with Crippen LogP contribution in [0.5, 0.6) is 5.75 Å². The molecule has 0 N–H and O–H groups in total. The van der Waals surface area contributed by atoms with Gasteiger partial charge in [-0.2, -0.15) is 5.26 Å². The SMILES string of the molecule is COc1ccccc1[C@H](c1cccc2ccccc12)C(C)(C#N)C=O. The molecular formula is C22H19NO2. The molecular weight excluding hydrogens is 310 g/mol. The second-order valence-corrected chi connectivity index (χ2v) is 6.26. The molecule has 0 radical (unpaired) electrons. The summed E-state index contributed by atoms with van der Waals surface area (Å²) in [4.78, 5) is 11.9. The number of para-hydroxylation sites is 1. The molecule has 124 valence electrons. The van der Waals surface area contributed by atoms with E-state index in [4.69, 9.17) is 4.74 Å². The zero-order valence-corrected chi connectivity index (χ0v) is 14.3. The van der Waals surface area contributed by atoms with Gasteiger partial charge in [0.15, 0.2) is 0 Å². The molecule has 0 saturated carbocycles. The van der Waals surface area contributed by atoms with Gasteiger partial charge in [-0.25, -0.2) is 0 Å². The van der Waals surface area contributed by atoms with Crippen LogP contribution in [0.25, 0.3) is 10.8 Å². The fraction of sp³-hybridized carbons (Fsp3) is 0.182. The van der Waals surface area contributed by atoms with Crippen LogP contribution in [0.1, 0.15) is 24.0 Å². The van der Waals surface area contributed by atoms with Crippen LogP contribution >= 0.6 is 0 Å². The van der Waals surface area contributed by atoms with Crippen LogP contribution in [0.3, 0.4) is 0 Å². The number of carbonyl (C=O) groups is 1. The molecule has 25 heavy (non-hydrogen) atoms. The van der Waals surface area contributed by atoms with E-state index in [2.05, 4.69) is 6.07 Å². The van der Waals surface area contributed by atoms with Gasteiger partial charge >= 0.3 is 0 Å². The summed E-state index contributed by atoms with van der Waals surface area (Å²) in [5, 5.41) is 11.9. The van der Waals surface area contributed by atoms with E-state index in [-0.39, 0.29) is 0 Å². The lowest BCUT2D eigenvalue weighted by atomic mass is 9.70.